The number of aromatic nitrogens is 1. The minimum absolute atomic E-state index is 0.0906. The van der Waals surface area contributed by atoms with Crippen LogP contribution in [0.2, 0.25) is 5.02 Å². The van der Waals surface area contributed by atoms with E-state index in [-0.39, 0.29) is 17.8 Å². The number of likely N-dealkylation sites (tertiary alicyclic amines) is 1. The molecule has 8 heteroatoms. The first kappa shape index (κ1) is 26.3. The minimum Gasteiger partial charge on any atom is -0.497 e. The Labute approximate surface area is 216 Å². The Morgan fingerprint density at radius 2 is 2.06 bits per heavy atom. The van der Waals surface area contributed by atoms with Crippen molar-refractivity contribution in [3.8, 4) is 5.75 Å². The smallest absolute Gasteiger partial charge is 0.249 e. The van der Waals surface area contributed by atoms with E-state index in [0.29, 0.717) is 43.8 Å². The fraction of sp³-hybridized carbons (Fsp3) is 0.429. The molecule has 1 unspecified atom stereocenters. The number of benzene rings is 2. The third-order valence-electron chi connectivity index (χ3n) is 7.62. The van der Waals surface area contributed by atoms with Crippen LogP contribution in [0.5, 0.6) is 5.75 Å². The molecule has 6 nitrogen and oxygen atoms in total. The standard InChI is InChI=1S/C28H33ClFN3O3/c1-3-26(19-6-4-7-20(30)16-19)33-14-12-28(13-15-33,27(34)32-35)11-5-8-22-23-17-21(36-2)9-10-25(23)31-18-24(22)29/h4,6-7,9-10,16-18,26,35H,3,5,8,11-15H2,1-2H3,(H,32,34). The summed E-state index contributed by atoms with van der Waals surface area (Å²) in [6, 6.07) is 12.6. The summed E-state index contributed by atoms with van der Waals surface area (Å²) in [6.07, 6.45) is 5.76. The van der Waals surface area contributed by atoms with Crippen molar-refractivity contribution >= 4 is 28.4 Å². The molecule has 0 aliphatic carbocycles. The van der Waals surface area contributed by atoms with Gasteiger partial charge < -0.3 is 4.74 Å². The molecule has 1 aliphatic heterocycles. The zero-order valence-corrected chi connectivity index (χ0v) is 21.5. The highest BCUT2D eigenvalue weighted by Crippen LogP contribution is 2.40. The highest BCUT2D eigenvalue weighted by molar-refractivity contribution is 6.32. The third kappa shape index (κ3) is 5.48. The summed E-state index contributed by atoms with van der Waals surface area (Å²) in [5.41, 5.74) is 4.02. The van der Waals surface area contributed by atoms with Gasteiger partial charge in [-0.2, -0.15) is 0 Å². The number of piperidine rings is 1. The lowest BCUT2D eigenvalue weighted by Gasteiger charge is -2.43. The monoisotopic (exact) mass is 513 g/mol. The largest absolute Gasteiger partial charge is 0.497 e. The van der Waals surface area contributed by atoms with E-state index in [1.807, 2.05) is 29.7 Å². The molecule has 1 aliphatic rings. The number of methoxy groups -OCH3 is 1. The molecule has 36 heavy (non-hydrogen) atoms. The first-order chi connectivity index (χ1) is 17.4. The van der Waals surface area contributed by atoms with Gasteiger partial charge in [0, 0.05) is 17.6 Å². The van der Waals surface area contributed by atoms with Crippen molar-refractivity contribution in [3.63, 3.8) is 0 Å². The molecule has 2 heterocycles. The van der Waals surface area contributed by atoms with Gasteiger partial charge in [-0.05, 0) is 93.1 Å². The lowest BCUT2D eigenvalue weighted by molar-refractivity contribution is -0.144. The van der Waals surface area contributed by atoms with Crippen molar-refractivity contribution in [2.24, 2.45) is 5.41 Å². The highest BCUT2D eigenvalue weighted by atomic mass is 35.5. The second-order valence-electron chi connectivity index (χ2n) is 9.56. The Bertz CT molecular complexity index is 1210. The maximum Gasteiger partial charge on any atom is 0.249 e. The maximum atomic E-state index is 13.8. The van der Waals surface area contributed by atoms with E-state index in [1.165, 1.54) is 6.07 Å². The Kier molecular flexibility index (Phi) is 8.44. The molecule has 0 spiro atoms. The molecule has 2 N–H and O–H groups in total. The number of aryl methyl sites for hydroxylation is 1. The number of hydroxylamine groups is 1. The summed E-state index contributed by atoms with van der Waals surface area (Å²) in [7, 11) is 1.62. The number of carbonyl (C=O) groups excluding carboxylic acids is 1. The van der Waals surface area contributed by atoms with Gasteiger partial charge in [0.2, 0.25) is 5.91 Å². The molecule has 3 aromatic rings. The van der Waals surface area contributed by atoms with Crippen LogP contribution in [-0.2, 0) is 11.2 Å². The molecule has 2 aromatic carbocycles. The van der Waals surface area contributed by atoms with Crippen LogP contribution in [-0.4, -0.2) is 41.2 Å². The van der Waals surface area contributed by atoms with Crippen molar-refractivity contribution in [1.82, 2.24) is 15.4 Å². The number of hydrogen-bond donors (Lipinski definition) is 2. The molecule has 1 fully saturated rings. The average Bonchev–Trinajstić information content (AvgIpc) is 2.90. The van der Waals surface area contributed by atoms with Crippen molar-refractivity contribution in [2.45, 2.75) is 51.5 Å². The molecule has 0 saturated carbocycles. The predicted molar refractivity (Wildman–Crippen MR) is 139 cm³/mol. The van der Waals surface area contributed by atoms with E-state index in [9.17, 15) is 14.4 Å². The van der Waals surface area contributed by atoms with Crippen LogP contribution in [0, 0.1) is 11.2 Å². The number of hydrogen-bond acceptors (Lipinski definition) is 5. The number of fused-ring (bicyclic) bond motifs is 1. The van der Waals surface area contributed by atoms with E-state index < -0.39 is 5.41 Å². The fourth-order valence-electron chi connectivity index (χ4n) is 5.58. The zero-order valence-electron chi connectivity index (χ0n) is 20.8. The van der Waals surface area contributed by atoms with Gasteiger partial charge in [-0.25, -0.2) is 9.87 Å². The van der Waals surface area contributed by atoms with E-state index in [2.05, 4.69) is 16.8 Å². The first-order valence-electron chi connectivity index (χ1n) is 12.5. The Morgan fingerprint density at radius 3 is 2.72 bits per heavy atom. The lowest BCUT2D eigenvalue weighted by atomic mass is 9.73. The second-order valence-corrected chi connectivity index (χ2v) is 9.96. The van der Waals surface area contributed by atoms with Gasteiger partial charge in [-0.3, -0.25) is 19.9 Å². The molecule has 192 valence electrons. The minimum atomic E-state index is -0.668. The van der Waals surface area contributed by atoms with Crippen LogP contribution in [0.1, 0.15) is 56.2 Å². The fourth-order valence-corrected chi connectivity index (χ4v) is 5.82. The molecular formula is C28H33ClFN3O3. The topological polar surface area (TPSA) is 74.7 Å². The van der Waals surface area contributed by atoms with Gasteiger partial charge in [0.25, 0.3) is 0 Å². The summed E-state index contributed by atoms with van der Waals surface area (Å²) in [5.74, 6) is 0.158. The third-order valence-corrected chi connectivity index (χ3v) is 7.94. The van der Waals surface area contributed by atoms with Gasteiger partial charge in [0.05, 0.1) is 23.1 Å². The van der Waals surface area contributed by atoms with Crippen molar-refractivity contribution in [1.29, 1.82) is 0 Å². The summed E-state index contributed by atoms with van der Waals surface area (Å²) in [6.45, 7) is 3.48. The SMILES string of the molecule is CCC(c1cccc(F)c1)N1CCC(CCCc2c(Cl)cnc3ccc(OC)cc23)(C(=O)NO)CC1. The Hall–Kier alpha value is -2.74. The van der Waals surface area contributed by atoms with Crippen molar-refractivity contribution in [2.75, 3.05) is 20.2 Å². The summed E-state index contributed by atoms with van der Waals surface area (Å²) >= 11 is 6.53. The molecule has 0 radical (unpaired) electrons. The molecule has 1 aromatic heterocycles. The van der Waals surface area contributed by atoms with Crippen LogP contribution < -0.4 is 10.2 Å². The van der Waals surface area contributed by atoms with E-state index >= 15 is 0 Å². The number of halogens is 2. The van der Waals surface area contributed by atoms with Gasteiger partial charge in [-0.1, -0.05) is 30.7 Å². The van der Waals surface area contributed by atoms with Crippen LogP contribution in [0.25, 0.3) is 10.9 Å². The normalized spacial score (nSPS) is 16.6. The molecule has 4 rings (SSSR count). The number of rotatable bonds is 9. The van der Waals surface area contributed by atoms with Gasteiger partial charge in [0.1, 0.15) is 11.6 Å². The molecule has 0 bridgehead atoms. The van der Waals surface area contributed by atoms with Crippen LogP contribution in [0.4, 0.5) is 4.39 Å². The summed E-state index contributed by atoms with van der Waals surface area (Å²) in [5, 5.41) is 11.1. The number of amides is 1. The quantitative estimate of drug-likeness (QED) is 0.267. The highest BCUT2D eigenvalue weighted by Gasteiger charge is 2.42. The predicted octanol–water partition coefficient (Wildman–Crippen LogP) is 6.10. The maximum absolute atomic E-state index is 13.8. The number of ether oxygens (including phenoxy) is 1. The number of carbonyl (C=O) groups is 1. The van der Waals surface area contributed by atoms with E-state index in [0.717, 1.165) is 40.6 Å². The van der Waals surface area contributed by atoms with Gasteiger partial charge in [-0.15, -0.1) is 0 Å². The number of nitrogens with zero attached hydrogens (tertiary/aromatic N) is 2. The summed E-state index contributed by atoms with van der Waals surface area (Å²) in [4.78, 5) is 19.6. The van der Waals surface area contributed by atoms with Crippen LogP contribution in [0.3, 0.4) is 0 Å². The Balaban J connectivity index is 1.48. The van der Waals surface area contributed by atoms with Gasteiger partial charge in [0.15, 0.2) is 0 Å². The van der Waals surface area contributed by atoms with E-state index in [4.69, 9.17) is 16.3 Å². The Morgan fingerprint density at radius 1 is 1.28 bits per heavy atom. The number of pyridine rings is 1. The van der Waals surface area contributed by atoms with Crippen LogP contribution >= 0.6 is 11.6 Å². The molecule has 1 atom stereocenters. The van der Waals surface area contributed by atoms with Crippen LogP contribution in [0.15, 0.2) is 48.7 Å². The molecule has 1 saturated heterocycles. The second kappa shape index (κ2) is 11.5. The van der Waals surface area contributed by atoms with Gasteiger partial charge >= 0.3 is 0 Å². The number of nitrogens with one attached hydrogen (secondary N) is 1. The first-order valence-corrected chi connectivity index (χ1v) is 12.8. The molecular weight excluding hydrogens is 481 g/mol. The van der Waals surface area contributed by atoms with Crippen molar-refractivity contribution in [3.05, 3.63) is 70.6 Å². The van der Waals surface area contributed by atoms with Crippen molar-refractivity contribution < 1.29 is 19.1 Å². The average molecular weight is 514 g/mol. The van der Waals surface area contributed by atoms with E-state index in [1.54, 1.807) is 25.4 Å². The summed E-state index contributed by atoms with van der Waals surface area (Å²) < 4.78 is 19.2. The lowest BCUT2D eigenvalue weighted by Crippen LogP contribution is -2.49. The molecule has 1 amide bonds. The zero-order chi connectivity index (χ0) is 25.7.